The number of H-pyrrole nitrogens is 1. The highest BCUT2D eigenvalue weighted by Crippen LogP contribution is 2.46. The molecule has 1 saturated carbocycles. The van der Waals surface area contributed by atoms with Gasteiger partial charge in [0, 0.05) is 24.7 Å². The number of methoxy groups -OCH3 is 1. The molecule has 1 saturated heterocycles. The molecule has 2 aromatic heterocycles. The van der Waals surface area contributed by atoms with Crippen LogP contribution in [-0.4, -0.2) is 41.2 Å². The fourth-order valence-electron chi connectivity index (χ4n) is 5.24. The van der Waals surface area contributed by atoms with Crippen LogP contribution in [0.25, 0.3) is 21.1 Å². The number of nitrogens with one attached hydrogen (secondary N) is 2. The Morgan fingerprint density at radius 1 is 1.31 bits per heavy atom. The van der Waals surface area contributed by atoms with Crippen LogP contribution in [0.15, 0.2) is 15.7 Å². The first-order valence-corrected chi connectivity index (χ1v) is 12.1. The van der Waals surface area contributed by atoms with E-state index in [4.69, 9.17) is 4.74 Å². The summed E-state index contributed by atoms with van der Waals surface area (Å²) in [6, 6.07) is 1.48. The van der Waals surface area contributed by atoms with E-state index in [0.717, 1.165) is 37.3 Å². The van der Waals surface area contributed by atoms with Gasteiger partial charge >= 0.3 is 0 Å². The normalized spacial score (nSPS) is 19.4. The van der Waals surface area contributed by atoms with E-state index < -0.39 is 16.8 Å². The summed E-state index contributed by atoms with van der Waals surface area (Å²) in [5.41, 5.74) is 0.0804. The predicted molar refractivity (Wildman–Crippen MR) is 127 cm³/mol. The first-order chi connectivity index (χ1) is 15.3. The minimum absolute atomic E-state index is 0.0658. The van der Waals surface area contributed by atoms with Crippen LogP contribution < -0.4 is 25.9 Å². The summed E-state index contributed by atoms with van der Waals surface area (Å²) in [5, 5.41) is 3.85. The summed E-state index contributed by atoms with van der Waals surface area (Å²) in [6.07, 6.45) is 2.85. The number of nitrogens with zero attached hydrogens (tertiary/aromatic N) is 2. The average Bonchev–Trinajstić information content (AvgIpc) is 3.32. The first-order valence-electron chi connectivity index (χ1n) is 11.2. The van der Waals surface area contributed by atoms with E-state index in [1.54, 1.807) is 0 Å². The van der Waals surface area contributed by atoms with Gasteiger partial charge in [-0.3, -0.25) is 14.0 Å². The van der Waals surface area contributed by atoms with Gasteiger partial charge in [-0.1, -0.05) is 6.92 Å². The summed E-state index contributed by atoms with van der Waals surface area (Å²) >= 11 is 1.16. The van der Waals surface area contributed by atoms with Crippen molar-refractivity contribution in [2.45, 2.75) is 51.6 Å². The number of aromatic nitrogens is 2. The number of halogens is 1. The van der Waals surface area contributed by atoms with Crippen molar-refractivity contribution in [2.75, 3.05) is 31.6 Å². The van der Waals surface area contributed by atoms with Gasteiger partial charge < -0.3 is 19.5 Å². The maximum Gasteiger partial charge on any atom is 0.271 e. The second-order valence-electron chi connectivity index (χ2n) is 9.46. The van der Waals surface area contributed by atoms with E-state index in [0.29, 0.717) is 40.8 Å². The zero-order valence-electron chi connectivity index (χ0n) is 18.9. The molecule has 1 atom stereocenters. The highest BCUT2D eigenvalue weighted by atomic mass is 32.1. The Bertz CT molecular complexity index is 1320. The molecule has 1 aliphatic heterocycles. The van der Waals surface area contributed by atoms with E-state index in [9.17, 15) is 9.59 Å². The molecule has 1 aliphatic carbocycles. The number of aromatic amines is 1. The largest absolute Gasteiger partial charge is 0.492 e. The second kappa shape index (κ2) is 7.59. The molecule has 5 rings (SSSR count). The van der Waals surface area contributed by atoms with Crippen LogP contribution in [0.1, 0.15) is 46.1 Å². The van der Waals surface area contributed by atoms with Crippen LogP contribution in [0.2, 0.25) is 0 Å². The van der Waals surface area contributed by atoms with Crippen molar-refractivity contribution >= 4 is 38.3 Å². The lowest BCUT2D eigenvalue weighted by Gasteiger charge is -2.33. The van der Waals surface area contributed by atoms with Crippen LogP contribution in [0.4, 0.5) is 10.1 Å². The van der Waals surface area contributed by atoms with Crippen molar-refractivity contribution in [3.63, 3.8) is 0 Å². The molecule has 9 heteroatoms. The number of rotatable bonds is 6. The quantitative estimate of drug-likeness (QED) is 0.588. The fraction of sp³-hybridized carbons (Fsp3) is 0.565. The summed E-state index contributed by atoms with van der Waals surface area (Å²) in [5.74, 6) is 0.251. The molecule has 172 valence electrons. The third-order valence-corrected chi connectivity index (χ3v) is 7.95. The zero-order chi connectivity index (χ0) is 22.8. The van der Waals surface area contributed by atoms with Crippen LogP contribution in [0.5, 0.6) is 5.75 Å². The maximum absolute atomic E-state index is 15.6. The average molecular weight is 461 g/mol. The summed E-state index contributed by atoms with van der Waals surface area (Å²) in [7, 11) is 1.53. The van der Waals surface area contributed by atoms with E-state index in [1.165, 1.54) is 13.2 Å². The number of hydrogen-bond donors (Lipinski definition) is 2. The molecule has 32 heavy (non-hydrogen) atoms. The molecule has 3 heterocycles. The Morgan fingerprint density at radius 2 is 2.06 bits per heavy atom. The van der Waals surface area contributed by atoms with Crippen LogP contribution in [-0.2, 0) is 0 Å². The molecule has 0 spiro atoms. The van der Waals surface area contributed by atoms with Crippen molar-refractivity contribution in [2.24, 2.45) is 5.92 Å². The van der Waals surface area contributed by atoms with Crippen molar-refractivity contribution < 1.29 is 9.13 Å². The number of pyridine rings is 1. The van der Waals surface area contributed by atoms with Gasteiger partial charge in [-0.25, -0.2) is 4.39 Å². The van der Waals surface area contributed by atoms with Gasteiger partial charge in [-0.05, 0) is 63.2 Å². The fourth-order valence-corrected chi connectivity index (χ4v) is 6.16. The van der Waals surface area contributed by atoms with Gasteiger partial charge in [0.25, 0.3) is 5.56 Å². The molecule has 2 aliphatic rings. The van der Waals surface area contributed by atoms with Crippen molar-refractivity contribution in [3.8, 4) is 5.75 Å². The zero-order valence-corrected chi connectivity index (χ0v) is 19.7. The van der Waals surface area contributed by atoms with Crippen molar-refractivity contribution in [1.29, 1.82) is 0 Å². The van der Waals surface area contributed by atoms with Crippen LogP contribution in [0.3, 0.4) is 0 Å². The van der Waals surface area contributed by atoms with Gasteiger partial charge in [-0.2, -0.15) is 0 Å². The molecule has 0 radical (unpaired) electrons. The number of ether oxygens (including phenoxy) is 1. The second-order valence-corrected chi connectivity index (χ2v) is 10.3. The minimum atomic E-state index is -0.485. The first kappa shape index (κ1) is 21.5. The molecule has 2 fully saturated rings. The monoisotopic (exact) mass is 460 g/mol. The molecule has 0 amide bonds. The predicted octanol–water partition coefficient (Wildman–Crippen LogP) is 3.60. The van der Waals surface area contributed by atoms with E-state index in [1.807, 2.05) is 9.47 Å². The molecule has 7 nitrogen and oxygen atoms in total. The number of anilines is 1. The van der Waals surface area contributed by atoms with Gasteiger partial charge in [0.05, 0.1) is 18.0 Å². The number of fused-ring (bicyclic) bond motifs is 2. The molecule has 0 bridgehead atoms. The number of benzene rings is 1. The Kier molecular flexibility index (Phi) is 5.09. The molecule has 2 N–H and O–H groups in total. The lowest BCUT2D eigenvalue weighted by atomic mass is 9.87. The lowest BCUT2D eigenvalue weighted by molar-refractivity contribution is 0.276. The van der Waals surface area contributed by atoms with Crippen molar-refractivity contribution in [1.82, 2.24) is 14.3 Å². The van der Waals surface area contributed by atoms with E-state index in [2.05, 4.69) is 30.5 Å². The van der Waals surface area contributed by atoms with E-state index in [-0.39, 0.29) is 22.4 Å². The van der Waals surface area contributed by atoms with Gasteiger partial charge in [-0.15, -0.1) is 0 Å². The maximum atomic E-state index is 15.6. The molecular formula is C23H29FN4O3S. The smallest absolute Gasteiger partial charge is 0.271 e. The molecule has 3 aromatic rings. The third kappa shape index (κ3) is 3.16. The summed E-state index contributed by atoms with van der Waals surface area (Å²) in [6.45, 7) is 8.76. The number of hydrogen-bond acceptors (Lipinski definition) is 6. The highest BCUT2D eigenvalue weighted by Gasteiger charge is 2.38. The van der Waals surface area contributed by atoms with Gasteiger partial charge in [0.15, 0.2) is 11.6 Å². The van der Waals surface area contributed by atoms with Crippen LogP contribution >= 0.6 is 11.5 Å². The molecule has 0 unspecified atom stereocenters. The lowest BCUT2D eigenvalue weighted by Crippen LogP contribution is -2.47. The molecular weight excluding hydrogens is 431 g/mol. The third-order valence-electron chi connectivity index (χ3n) is 7.07. The summed E-state index contributed by atoms with van der Waals surface area (Å²) in [4.78, 5) is 28.2. The topological polar surface area (TPSA) is 79.4 Å². The van der Waals surface area contributed by atoms with Crippen molar-refractivity contribution in [3.05, 3.63) is 32.5 Å². The SMILES string of the molecule is CCNC(C)(C)[C@@H]1CCN(c2c(F)cc3c(=O)c4c(=O)[nH]sc4n(C4CC4)c3c2OC)C1. The van der Waals surface area contributed by atoms with E-state index >= 15 is 4.39 Å². The molecule has 1 aromatic carbocycles. The summed E-state index contributed by atoms with van der Waals surface area (Å²) < 4.78 is 26.1. The highest BCUT2D eigenvalue weighted by molar-refractivity contribution is 7.12. The Labute approximate surface area is 189 Å². The van der Waals surface area contributed by atoms with Gasteiger partial charge in [0.2, 0.25) is 5.43 Å². The minimum Gasteiger partial charge on any atom is -0.492 e. The Balaban J connectivity index is 1.73. The van der Waals surface area contributed by atoms with Gasteiger partial charge in [0.1, 0.15) is 15.9 Å². The Hall–Kier alpha value is -2.39. The Morgan fingerprint density at radius 3 is 2.72 bits per heavy atom. The van der Waals surface area contributed by atoms with Crippen LogP contribution in [0, 0.1) is 11.7 Å². The standard InChI is InChI=1S/C23H29FN4O3S/c1-5-25-23(2,3)12-8-9-27(11-12)18-15(24)10-14-17(20(18)31-4)28(13-6-7-13)22-16(19(14)29)21(30)26-32-22/h10,12-13,25H,5-9,11H2,1-4H3,(H,26,30)/t12-/m1/s1.